The van der Waals surface area contributed by atoms with Gasteiger partial charge in [-0.1, -0.05) is 6.07 Å². The summed E-state index contributed by atoms with van der Waals surface area (Å²) in [4.78, 5) is 14.4. The average molecular weight is 337 g/mol. The van der Waals surface area contributed by atoms with E-state index in [1.165, 1.54) is 16.7 Å². The lowest BCUT2D eigenvalue weighted by molar-refractivity contribution is 0.102. The first-order valence-corrected chi connectivity index (χ1v) is 7.74. The van der Waals surface area contributed by atoms with Crippen molar-refractivity contribution in [3.05, 3.63) is 66.2 Å². The fraction of sp³-hybridized carbons (Fsp3) is 0.105. The highest BCUT2D eigenvalue weighted by Gasteiger charge is 2.12. The van der Waals surface area contributed by atoms with E-state index in [-0.39, 0.29) is 17.7 Å². The lowest BCUT2D eigenvalue weighted by atomic mass is 10.1. The molecule has 0 aliphatic carbocycles. The summed E-state index contributed by atoms with van der Waals surface area (Å²) in [6.07, 6.45) is 0. The molecule has 0 fully saturated rings. The van der Waals surface area contributed by atoms with Crippen molar-refractivity contribution >= 4 is 17.3 Å². The van der Waals surface area contributed by atoms with E-state index in [0.717, 1.165) is 5.69 Å². The third-order valence-electron chi connectivity index (χ3n) is 3.85. The Kier molecular flexibility index (Phi) is 4.35. The van der Waals surface area contributed by atoms with Gasteiger partial charge in [0.15, 0.2) is 11.8 Å². The smallest absolute Gasteiger partial charge is 0.255 e. The Balaban J connectivity index is 1.82. The van der Waals surface area contributed by atoms with Crippen molar-refractivity contribution in [3.63, 3.8) is 0 Å². The van der Waals surface area contributed by atoms with Crippen molar-refractivity contribution in [2.45, 2.75) is 0 Å². The van der Waals surface area contributed by atoms with E-state index >= 15 is 0 Å². The largest absolute Gasteiger partial charge is 0.494 e. The molecule has 3 rings (SSSR count). The number of nitrogens with one attached hydrogen (secondary N) is 1. The Morgan fingerprint density at radius 3 is 2.20 bits per heavy atom. The Morgan fingerprint density at radius 2 is 1.60 bits per heavy atom. The molecule has 0 atom stereocenters. The fourth-order valence-corrected chi connectivity index (χ4v) is 2.51. The number of aromatic hydroxyl groups is 2. The standard InChI is InChI=1S/C19H19N3O3/c1-21(2)15-8-6-14(7-9-15)20-19(25)13-4-3-5-16(12-13)22-17(23)10-11-18(22)24/h3-12,23-24H,1-2H3,(H,20,25). The minimum atomic E-state index is -0.273. The molecule has 0 saturated carbocycles. The zero-order chi connectivity index (χ0) is 18.0. The van der Waals surface area contributed by atoms with Crippen LogP contribution in [-0.4, -0.2) is 34.8 Å². The quantitative estimate of drug-likeness (QED) is 0.683. The number of nitrogens with zero attached hydrogens (tertiary/aromatic N) is 2. The van der Waals surface area contributed by atoms with Gasteiger partial charge in [-0.05, 0) is 42.5 Å². The summed E-state index contributed by atoms with van der Waals surface area (Å²) < 4.78 is 1.25. The van der Waals surface area contributed by atoms with Crippen molar-refractivity contribution < 1.29 is 15.0 Å². The molecule has 1 heterocycles. The third kappa shape index (κ3) is 3.42. The zero-order valence-corrected chi connectivity index (χ0v) is 14.0. The minimum absolute atomic E-state index is 0.102. The summed E-state index contributed by atoms with van der Waals surface area (Å²) in [5, 5.41) is 22.5. The Labute approximate surface area is 145 Å². The molecule has 3 aromatic rings. The Hall–Kier alpha value is -3.41. The van der Waals surface area contributed by atoms with Gasteiger partial charge in [0.1, 0.15) is 0 Å². The van der Waals surface area contributed by atoms with Gasteiger partial charge in [0.2, 0.25) is 0 Å². The normalized spacial score (nSPS) is 10.5. The van der Waals surface area contributed by atoms with Crippen molar-refractivity contribution in [1.82, 2.24) is 4.57 Å². The fourth-order valence-electron chi connectivity index (χ4n) is 2.51. The Morgan fingerprint density at radius 1 is 0.960 bits per heavy atom. The molecule has 6 heteroatoms. The zero-order valence-electron chi connectivity index (χ0n) is 14.0. The molecule has 2 aromatic carbocycles. The van der Waals surface area contributed by atoms with Crippen molar-refractivity contribution in [2.75, 3.05) is 24.3 Å². The SMILES string of the molecule is CN(C)c1ccc(NC(=O)c2cccc(-n3c(O)ccc3O)c2)cc1. The summed E-state index contributed by atoms with van der Waals surface area (Å²) in [5.74, 6) is -0.478. The van der Waals surface area contributed by atoms with Crippen molar-refractivity contribution in [3.8, 4) is 17.4 Å². The van der Waals surface area contributed by atoms with E-state index in [4.69, 9.17) is 0 Å². The first-order chi connectivity index (χ1) is 12.0. The van der Waals surface area contributed by atoms with Crippen LogP contribution >= 0.6 is 0 Å². The summed E-state index contributed by atoms with van der Waals surface area (Å²) in [6.45, 7) is 0. The van der Waals surface area contributed by atoms with Crippen LogP contribution in [-0.2, 0) is 0 Å². The van der Waals surface area contributed by atoms with Crippen LogP contribution in [0.25, 0.3) is 5.69 Å². The van der Waals surface area contributed by atoms with Crippen LogP contribution in [0.5, 0.6) is 11.8 Å². The van der Waals surface area contributed by atoms with Crippen LogP contribution in [0, 0.1) is 0 Å². The number of rotatable bonds is 4. The van der Waals surface area contributed by atoms with E-state index < -0.39 is 0 Å². The van der Waals surface area contributed by atoms with Gasteiger partial charge in [0.05, 0.1) is 5.69 Å². The van der Waals surface area contributed by atoms with Crippen LogP contribution in [0.3, 0.4) is 0 Å². The summed E-state index contributed by atoms with van der Waals surface area (Å²) in [5.41, 5.74) is 2.64. The molecule has 0 spiro atoms. The van der Waals surface area contributed by atoms with Crippen LogP contribution in [0.4, 0.5) is 11.4 Å². The second kappa shape index (κ2) is 6.60. The maximum absolute atomic E-state index is 12.5. The molecule has 128 valence electrons. The number of carbonyl (C=O) groups is 1. The number of hydrogen-bond donors (Lipinski definition) is 3. The third-order valence-corrected chi connectivity index (χ3v) is 3.85. The van der Waals surface area contributed by atoms with Crippen LogP contribution in [0.15, 0.2) is 60.7 Å². The maximum atomic E-state index is 12.5. The van der Waals surface area contributed by atoms with E-state index in [0.29, 0.717) is 16.9 Å². The molecular weight excluding hydrogens is 318 g/mol. The molecule has 3 N–H and O–H groups in total. The topological polar surface area (TPSA) is 77.7 Å². The number of benzene rings is 2. The van der Waals surface area contributed by atoms with Crippen LogP contribution < -0.4 is 10.2 Å². The number of aromatic nitrogens is 1. The molecule has 0 aliphatic heterocycles. The highest BCUT2D eigenvalue weighted by atomic mass is 16.3. The van der Waals surface area contributed by atoms with Crippen molar-refractivity contribution in [2.24, 2.45) is 0 Å². The van der Waals surface area contributed by atoms with Gasteiger partial charge in [-0.25, -0.2) is 0 Å². The first-order valence-electron chi connectivity index (χ1n) is 7.74. The van der Waals surface area contributed by atoms with E-state index in [1.54, 1.807) is 24.3 Å². The molecule has 0 radical (unpaired) electrons. The van der Waals surface area contributed by atoms with Gasteiger partial charge >= 0.3 is 0 Å². The predicted octanol–water partition coefficient (Wildman–Crippen LogP) is 3.21. The second-order valence-corrected chi connectivity index (χ2v) is 5.83. The molecular formula is C19H19N3O3. The number of anilines is 2. The summed E-state index contributed by atoms with van der Waals surface area (Å²) >= 11 is 0. The molecule has 1 aromatic heterocycles. The van der Waals surface area contributed by atoms with Crippen molar-refractivity contribution in [1.29, 1.82) is 0 Å². The summed E-state index contributed by atoms with van der Waals surface area (Å²) in [7, 11) is 3.90. The second-order valence-electron chi connectivity index (χ2n) is 5.83. The maximum Gasteiger partial charge on any atom is 0.255 e. The summed E-state index contributed by atoms with van der Waals surface area (Å²) in [6, 6.07) is 16.9. The molecule has 0 saturated heterocycles. The lowest BCUT2D eigenvalue weighted by Gasteiger charge is -2.13. The van der Waals surface area contributed by atoms with Gasteiger partial charge < -0.3 is 20.4 Å². The monoisotopic (exact) mass is 337 g/mol. The Bertz CT molecular complexity index is 879. The molecule has 0 aliphatic rings. The van der Waals surface area contributed by atoms with E-state index in [2.05, 4.69) is 5.32 Å². The highest BCUT2D eigenvalue weighted by molar-refractivity contribution is 6.04. The van der Waals surface area contributed by atoms with Gasteiger partial charge in [-0.3, -0.25) is 9.36 Å². The number of amides is 1. The van der Waals surface area contributed by atoms with Crippen LogP contribution in [0.2, 0.25) is 0 Å². The van der Waals surface area contributed by atoms with Gasteiger partial charge in [-0.2, -0.15) is 0 Å². The minimum Gasteiger partial charge on any atom is -0.494 e. The van der Waals surface area contributed by atoms with Gasteiger partial charge in [0.25, 0.3) is 5.91 Å². The predicted molar refractivity (Wildman–Crippen MR) is 97.8 cm³/mol. The lowest BCUT2D eigenvalue weighted by Crippen LogP contribution is -2.13. The molecule has 0 bridgehead atoms. The number of carbonyl (C=O) groups excluding carboxylic acids is 1. The van der Waals surface area contributed by atoms with E-state index in [1.807, 2.05) is 43.3 Å². The molecule has 1 amide bonds. The molecule has 25 heavy (non-hydrogen) atoms. The van der Waals surface area contributed by atoms with Gasteiger partial charge in [0, 0.05) is 43.2 Å². The first kappa shape index (κ1) is 16.4. The molecule has 6 nitrogen and oxygen atoms in total. The number of hydrogen-bond acceptors (Lipinski definition) is 4. The van der Waals surface area contributed by atoms with Crippen LogP contribution in [0.1, 0.15) is 10.4 Å². The highest BCUT2D eigenvalue weighted by Crippen LogP contribution is 2.27. The van der Waals surface area contributed by atoms with E-state index in [9.17, 15) is 15.0 Å². The average Bonchev–Trinajstić information content (AvgIpc) is 2.94. The van der Waals surface area contributed by atoms with Gasteiger partial charge in [-0.15, -0.1) is 0 Å². The molecule has 0 unspecified atom stereocenters.